The van der Waals surface area contributed by atoms with Crippen LogP contribution in [0.1, 0.15) is 0 Å². The van der Waals surface area contributed by atoms with E-state index < -0.39 is 6.10 Å². The maximum atomic E-state index is 8.74. The Hall–Kier alpha value is 0.399. The second kappa shape index (κ2) is 6.52. The first kappa shape index (κ1) is 12.1. The Morgan fingerprint density at radius 1 is 1.44 bits per heavy atom. The summed E-state index contributed by atoms with van der Waals surface area (Å²) in [5, 5.41) is 17.0. The predicted molar refractivity (Wildman–Crippen MR) is 31.6 cm³/mol. The standard InChI is InChI=1S/C5H13NO2.Cu/c1-6(2)3-5(8)4-7;/h5,7-8H,3-4H2,1-2H3;. The van der Waals surface area contributed by atoms with E-state index in [0.29, 0.717) is 6.54 Å². The minimum atomic E-state index is -0.593. The van der Waals surface area contributed by atoms with Crippen molar-refractivity contribution in [2.24, 2.45) is 0 Å². The zero-order valence-corrected chi connectivity index (χ0v) is 6.58. The van der Waals surface area contributed by atoms with E-state index in [1.165, 1.54) is 0 Å². The van der Waals surface area contributed by atoms with Gasteiger partial charge in [0, 0.05) is 23.6 Å². The molecule has 3 nitrogen and oxygen atoms in total. The van der Waals surface area contributed by atoms with Gasteiger partial charge >= 0.3 is 0 Å². The average Bonchev–Trinajstić information content (AvgIpc) is 1.65. The maximum absolute atomic E-state index is 8.74. The van der Waals surface area contributed by atoms with Crippen LogP contribution in [0.3, 0.4) is 0 Å². The Bertz CT molecular complexity index is 60.9. The third kappa shape index (κ3) is 8.40. The predicted octanol–water partition coefficient (Wildman–Crippen LogP) is -1.10. The van der Waals surface area contributed by atoms with E-state index in [1.807, 2.05) is 19.0 Å². The minimum Gasteiger partial charge on any atom is -0.394 e. The molecular weight excluding hydrogens is 170 g/mol. The molecule has 2 N–H and O–H groups in total. The van der Waals surface area contributed by atoms with Gasteiger partial charge in [-0.3, -0.25) is 0 Å². The molecule has 0 bridgehead atoms. The normalized spacial score (nSPS) is 13.0. The van der Waals surface area contributed by atoms with E-state index in [0.717, 1.165) is 0 Å². The number of hydrogen-bond acceptors (Lipinski definition) is 3. The van der Waals surface area contributed by atoms with Crippen molar-refractivity contribution in [2.75, 3.05) is 27.2 Å². The van der Waals surface area contributed by atoms with Crippen LogP contribution in [-0.4, -0.2) is 48.5 Å². The van der Waals surface area contributed by atoms with E-state index in [-0.39, 0.29) is 23.7 Å². The maximum Gasteiger partial charge on any atom is 0.0897 e. The minimum absolute atomic E-state index is 0. The van der Waals surface area contributed by atoms with Crippen LogP contribution in [0.25, 0.3) is 0 Å². The molecule has 61 valence electrons. The Kier molecular flexibility index (Phi) is 8.77. The molecule has 9 heavy (non-hydrogen) atoms. The summed E-state index contributed by atoms with van der Waals surface area (Å²) in [6.45, 7) is 0.370. The number of likely N-dealkylation sites (N-methyl/N-ethyl adjacent to an activating group) is 1. The van der Waals surface area contributed by atoms with Gasteiger partial charge in [0.15, 0.2) is 0 Å². The molecule has 0 rings (SSSR count). The van der Waals surface area contributed by atoms with E-state index in [4.69, 9.17) is 10.2 Å². The second-order valence-corrected chi connectivity index (χ2v) is 2.10. The Morgan fingerprint density at radius 3 is 2.00 bits per heavy atom. The van der Waals surface area contributed by atoms with Crippen molar-refractivity contribution >= 4 is 0 Å². The number of rotatable bonds is 3. The number of aliphatic hydroxyl groups excluding tert-OH is 2. The summed E-state index contributed by atoms with van der Waals surface area (Å²) < 4.78 is 0. The summed E-state index contributed by atoms with van der Waals surface area (Å²) in [6.07, 6.45) is -0.593. The van der Waals surface area contributed by atoms with Crippen LogP contribution in [0.5, 0.6) is 0 Å². The second-order valence-electron chi connectivity index (χ2n) is 2.10. The third-order valence-electron chi connectivity index (χ3n) is 0.787. The summed E-state index contributed by atoms with van der Waals surface area (Å²) in [4.78, 5) is 1.82. The zero-order chi connectivity index (χ0) is 6.57. The van der Waals surface area contributed by atoms with Gasteiger partial charge in [0.2, 0.25) is 0 Å². The fraction of sp³-hybridized carbons (Fsp3) is 1.00. The smallest absolute Gasteiger partial charge is 0.0897 e. The molecule has 1 unspecified atom stereocenters. The van der Waals surface area contributed by atoms with Gasteiger partial charge < -0.3 is 15.1 Å². The van der Waals surface area contributed by atoms with Crippen molar-refractivity contribution in [1.29, 1.82) is 0 Å². The van der Waals surface area contributed by atoms with Crippen LogP contribution < -0.4 is 0 Å². The molecule has 0 saturated heterocycles. The molecule has 0 aliphatic carbocycles. The van der Waals surface area contributed by atoms with E-state index in [1.54, 1.807) is 0 Å². The van der Waals surface area contributed by atoms with Crippen molar-refractivity contribution in [3.05, 3.63) is 0 Å². The van der Waals surface area contributed by atoms with Crippen molar-refractivity contribution < 1.29 is 27.3 Å². The molecule has 4 heteroatoms. The van der Waals surface area contributed by atoms with Crippen LogP contribution in [-0.2, 0) is 17.1 Å². The SMILES string of the molecule is CN(C)CC(O)CO.[Cu]. The molecule has 0 aliphatic rings. The van der Waals surface area contributed by atoms with Crippen LogP contribution in [0.15, 0.2) is 0 Å². The fourth-order valence-electron chi connectivity index (χ4n) is 0.479. The van der Waals surface area contributed by atoms with Crippen molar-refractivity contribution in [2.45, 2.75) is 6.10 Å². The van der Waals surface area contributed by atoms with Gasteiger partial charge in [0.25, 0.3) is 0 Å². The molecule has 0 spiro atoms. The van der Waals surface area contributed by atoms with Gasteiger partial charge in [-0.2, -0.15) is 0 Å². The van der Waals surface area contributed by atoms with E-state index >= 15 is 0 Å². The summed E-state index contributed by atoms with van der Waals surface area (Å²) in [5.41, 5.74) is 0. The molecule has 0 aliphatic heterocycles. The average molecular weight is 183 g/mol. The number of nitrogens with zero attached hydrogens (tertiary/aromatic N) is 1. The van der Waals surface area contributed by atoms with Crippen LogP contribution in [0.4, 0.5) is 0 Å². The molecule has 0 heterocycles. The van der Waals surface area contributed by atoms with Crippen LogP contribution in [0, 0.1) is 0 Å². The van der Waals surface area contributed by atoms with E-state index in [9.17, 15) is 0 Å². The Labute approximate surface area is 66.1 Å². The van der Waals surface area contributed by atoms with Gasteiger partial charge in [-0.1, -0.05) is 0 Å². The number of aliphatic hydroxyl groups is 2. The topological polar surface area (TPSA) is 43.7 Å². The van der Waals surface area contributed by atoms with Crippen molar-refractivity contribution in [3.63, 3.8) is 0 Å². The van der Waals surface area contributed by atoms with Gasteiger partial charge in [0.1, 0.15) is 0 Å². The van der Waals surface area contributed by atoms with Gasteiger partial charge in [-0.05, 0) is 14.1 Å². The molecule has 0 saturated carbocycles. The quantitative estimate of drug-likeness (QED) is 0.545. The molecule has 1 radical (unpaired) electrons. The number of hydrogen-bond donors (Lipinski definition) is 2. The van der Waals surface area contributed by atoms with Crippen LogP contribution in [0.2, 0.25) is 0 Å². The Morgan fingerprint density at radius 2 is 1.89 bits per heavy atom. The summed E-state index contributed by atoms with van der Waals surface area (Å²) >= 11 is 0. The van der Waals surface area contributed by atoms with Crippen molar-refractivity contribution in [3.8, 4) is 0 Å². The third-order valence-corrected chi connectivity index (χ3v) is 0.787. The molecule has 0 aromatic carbocycles. The summed E-state index contributed by atoms with van der Waals surface area (Å²) in [5.74, 6) is 0. The molecule has 0 amide bonds. The molecule has 0 aromatic rings. The van der Waals surface area contributed by atoms with Crippen LogP contribution >= 0.6 is 0 Å². The summed E-state index contributed by atoms with van der Waals surface area (Å²) in [6, 6.07) is 0. The van der Waals surface area contributed by atoms with Gasteiger partial charge in [-0.25, -0.2) is 0 Å². The first-order valence-electron chi connectivity index (χ1n) is 2.60. The van der Waals surface area contributed by atoms with Crippen molar-refractivity contribution in [1.82, 2.24) is 4.90 Å². The summed E-state index contributed by atoms with van der Waals surface area (Å²) in [7, 11) is 3.69. The molecule has 0 fully saturated rings. The molecule has 0 aromatic heterocycles. The molecule has 1 atom stereocenters. The van der Waals surface area contributed by atoms with E-state index in [2.05, 4.69) is 0 Å². The first-order chi connectivity index (χ1) is 3.66. The fourth-order valence-corrected chi connectivity index (χ4v) is 0.479. The van der Waals surface area contributed by atoms with Gasteiger partial charge in [-0.15, -0.1) is 0 Å². The monoisotopic (exact) mass is 182 g/mol. The largest absolute Gasteiger partial charge is 0.394 e. The van der Waals surface area contributed by atoms with Gasteiger partial charge in [0.05, 0.1) is 12.7 Å². The Balaban J connectivity index is 0. The molecular formula is C5H13CuNO2. The zero-order valence-electron chi connectivity index (χ0n) is 5.63. The first-order valence-corrected chi connectivity index (χ1v) is 2.60.